The molecule has 1 aromatic rings. The minimum atomic E-state index is 0. The smallest absolute Gasteiger partial charge is 0.185 e. The molecule has 8 heavy (non-hydrogen) atoms. The standard InChI is InChI=1S/C3H3ClN2S.ClH/c4-3-6-1-2(5)7-3;/h1H,5H2;1H. The van der Waals surface area contributed by atoms with E-state index in [1.807, 2.05) is 0 Å². The minimum Gasteiger partial charge on any atom is -0.389 e. The van der Waals surface area contributed by atoms with E-state index in [0.29, 0.717) is 9.47 Å². The Morgan fingerprint density at radius 3 is 2.50 bits per heavy atom. The normalized spacial score (nSPS) is 8.12. The van der Waals surface area contributed by atoms with Crippen LogP contribution in [0.1, 0.15) is 0 Å². The Balaban J connectivity index is 0.000000490. The van der Waals surface area contributed by atoms with Crippen molar-refractivity contribution in [2.45, 2.75) is 0 Å². The lowest BCUT2D eigenvalue weighted by atomic mass is 10.9. The molecule has 0 atom stereocenters. The van der Waals surface area contributed by atoms with Crippen LogP contribution >= 0.6 is 35.3 Å². The molecule has 2 nitrogen and oxygen atoms in total. The van der Waals surface area contributed by atoms with Crippen molar-refractivity contribution < 1.29 is 0 Å². The Morgan fingerprint density at radius 1 is 1.75 bits per heavy atom. The van der Waals surface area contributed by atoms with E-state index >= 15 is 0 Å². The highest BCUT2D eigenvalue weighted by Gasteiger charge is 1.89. The summed E-state index contributed by atoms with van der Waals surface area (Å²) >= 11 is 6.66. The molecule has 0 aliphatic heterocycles. The third-order valence-electron chi connectivity index (χ3n) is 0.495. The van der Waals surface area contributed by atoms with Crippen LogP contribution in [0.15, 0.2) is 6.20 Å². The summed E-state index contributed by atoms with van der Waals surface area (Å²) in [5.74, 6) is 0. The Morgan fingerprint density at radius 2 is 2.38 bits per heavy atom. The Labute approximate surface area is 62.1 Å². The molecule has 0 aliphatic rings. The van der Waals surface area contributed by atoms with Crippen molar-refractivity contribution in [1.29, 1.82) is 0 Å². The van der Waals surface area contributed by atoms with Crippen molar-refractivity contribution in [3.63, 3.8) is 0 Å². The van der Waals surface area contributed by atoms with Crippen molar-refractivity contribution in [2.24, 2.45) is 0 Å². The number of aromatic nitrogens is 1. The molecule has 0 aliphatic carbocycles. The van der Waals surface area contributed by atoms with Crippen molar-refractivity contribution >= 4 is 40.3 Å². The number of nitrogens with two attached hydrogens (primary N) is 1. The van der Waals surface area contributed by atoms with E-state index in [2.05, 4.69) is 4.98 Å². The molecular weight excluding hydrogens is 167 g/mol. The second-order valence-corrected chi connectivity index (χ2v) is 2.66. The maximum atomic E-state index is 5.39. The van der Waals surface area contributed by atoms with Crippen molar-refractivity contribution in [2.75, 3.05) is 5.73 Å². The maximum Gasteiger partial charge on any atom is 0.185 e. The molecule has 0 unspecified atom stereocenters. The summed E-state index contributed by atoms with van der Waals surface area (Å²) in [4.78, 5) is 3.68. The molecule has 0 saturated heterocycles. The molecule has 0 spiro atoms. The van der Waals surface area contributed by atoms with Gasteiger partial charge in [-0.05, 0) is 0 Å². The quantitative estimate of drug-likeness (QED) is 0.646. The molecule has 0 amide bonds. The van der Waals surface area contributed by atoms with Crippen LogP contribution in [0.3, 0.4) is 0 Å². The first-order valence-electron chi connectivity index (χ1n) is 1.66. The van der Waals surface area contributed by atoms with Crippen LogP contribution in [0.25, 0.3) is 0 Å². The van der Waals surface area contributed by atoms with E-state index in [9.17, 15) is 0 Å². The number of hydrogen-bond acceptors (Lipinski definition) is 3. The molecule has 0 fully saturated rings. The molecule has 1 aromatic heterocycles. The van der Waals surface area contributed by atoms with Crippen molar-refractivity contribution in [1.82, 2.24) is 4.98 Å². The summed E-state index contributed by atoms with van der Waals surface area (Å²) in [6, 6.07) is 0. The maximum absolute atomic E-state index is 5.39. The van der Waals surface area contributed by atoms with Gasteiger partial charge in [-0.2, -0.15) is 0 Å². The third kappa shape index (κ3) is 1.86. The average Bonchev–Trinajstić information content (AvgIpc) is 1.87. The second kappa shape index (κ2) is 3.12. The number of nitrogens with zero attached hydrogens (tertiary/aromatic N) is 1. The van der Waals surface area contributed by atoms with E-state index in [-0.39, 0.29) is 12.4 Å². The monoisotopic (exact) mass is 170 g/mol. The van der Waals surface area contributed by atoms with E-state index in [0.717, 1.165) is 0 Å². The predicted molar refractivity (Wildman–Crippen MR) is 38.8 cm³/mol. The zero-order valence-electron chi connectivity index (χ0n) is 3.80. The fraction of sp³-hybridized carbons (Fsp3) is 0. The first-order chi connectivity index (χ1) is 3.29. The van der Waals surface area contributed by atoms with Gasteiger partial charge in [-0.1, -0.05) is 22.9 Å². The zero-order chi connectivity index (χ0) is 5.28. The summed E-state index contributed by atoms with van der Waals surface area (Å²) in [5, 5.41) is 0.657. The SMILES string of the molecule is Cl.Nc1cnc(Cl)s1. The summed E-state index contributed by atoms with van der Waals surface area (Å²) in [5.41, 5.74) is 5.25. The molecule has 2 N–H and O–H groups in total. The second-order valence-electron chi connectivity index (χ2n) is 1.02. The first-order valence-corrected chi connectivity index (χ1v) is 2.85. The van der Waals surface area contributed by atoms with E-state index < -0.39 is 0 Å². The van der Waals surface area contributed by atoms with E-state index in [4.69, 9.17) is 17.3 Å². The molecule has 0 saturated carbocycles. The molecular formula is C3H4Cl2N2S. The summed E-state index contributed by atoms with van der Waals surface area (Å²) in [7, 11) is 0. The van der Waals surface area contributed by atoms with Gasteiger partial charge in [-0.15, -0.1) is 12.4 Å². The number of rotatable bonds is 0. The van der Waals surface area contributed by atoms with Crippen molar-refractivity contribution in [3.05, 3.63) is 10.7 Å². The highest BCUT2D eigenvalue weighted by atomic mass is 35.5. The Kier molecular flexibility index (Phi) is 3.12. The summed E-state index contributed by atoms with van der Waals surface area (Å²) in [6.07, 6.45) is 1.53. The van der Waals surface area contributed by atoms with Gasteiger partial charge in [0.15, 0.2) is 4.47 Å². The molecule has 46 valence electrons. The van der Waals surface area contributed by atoms with Gasteiger partial charge in [0.25, 0.3) is 0 Å². The molecule has 0 bridgehead atoms. The molecule has 0 radical (unpaired) electrons. The average molecular weight is 171 g/mol. The molecule has 0 aromatic carbocycles. The number of nitrogen functional groups attached to an aromatic ring is 1. The van der Waals surface area contributed by atoms with E-state index in [1.165, 1.54) is 17.5 Å². The molecule has 5 heteroatoms. The first kappa shape index (κ1) is 8.01. The largest absolute Gasteiger partial charge is 0.389 e. The molecule has 1 heterocycles. The van der Waals surface area contributed by atoms with Gasteiger partial charge in [0.2, 0.25) is 0 Å². The van der Waals surface area contributed by atoms with Crippen LogP contribution in [-0.4, -0.2) is 4.98 Å². The topological polar surface area (TPSA) is 38.9 Å². The number of anilines is 1. The Bertz CT molecular complexity index is 148. The van der Waals surface area contributed by atoms with E-state index in [1.54, 1.807) is 0 Å². The van der Waals surface area contributed by atoms with Crippen LogP contribution in [0.5, 0.6) is 0 Å². The predicted octanol–water partition coefficient (Wildman–Crippen LogP) is 1.80. The number of halogens is 2. The van der Waals surface area contributed by atoms with Gasteiger partial charge in [-0.25, -0.2) is 4.98 Å². The Hall–Kier alpha value is 0.01000. The highest BCUT2D eigenvalue weighted by Crippen LogP contribution is 2.18. The van der Waals surface area contributed by atoms with Gasteiger partial charge >= 0.3 is 0 Å². The zero-order valence-corrected chi connectivity index (χ0v) is 6.19. The lowest BCUT2D eigenvalue weighted by Crippen LogP contribution is -1.73. The fourth-order valence-electron chi connectivity index (χ4n) is 0.264. The number of hydrogen-bond donors (Lipinski definition) is 1. The van der Waals surface area contributed by atoms with Crippen LogP contribution < -0.4 is 5.73 Å². The van der Waals surface area contributed by atoms with Gasteiger partial charge < -0.3 is 5.73 Å². The van der Waals surface area contributed by atoms with Crippen LogP contribution in [0.2, 0.25) is 4.47 Å². The third-order valence-corrected chi connectivity index (χ3v) is 1.44. The minimum absolute atomic E-state index is 0. The van der Waals surface area contributed by atoms with Crippen molar-refractivity contribution in [3.8, 4) is 0 Å². The van der Waals surface area contributed by atoms with Gasteiger partial charge in [0.05, 0.1) is 6.20 Å². The summed E-state index contributed by atoms with van der Waals surface area (Å²) < 4.78 is 0.498. The lowest BCUT2D eigenvalue weighted by molar-refractivity contribution is 1.43. The summed E-state index contributed by atoms with van der Waals surface area (Å²) in [6.45, 7) is 0. The molecule has 1 rings (SSSR count). The van der Waals surface area contributed by atoms with Gasteiger partial charge in [0, 0.05) is 0 Å². The number of thiazole rings is 1. The van der Waals surface area contributed by atoms with Gasteiger partial charge in [0.1, 0.15) is 5.00 Å². The lowest BCUT2D eigenvalue weighted by Gasteiger charge is -1.68. The van der Waals surface area contributed by atoms with Crippen LogP contribution in [-0.2, 0) is 0 Å². The fourth-order valence-corrected chi connectivity index (χ4v) is 0.986. The van der Waals surface area contributed by atoms with Crippen LogP contribution in [0, 0.1) is 0 Å². The van der Waals surface area contributed by atoms with Gasteiger partial charge in [-0.3, -0.25) is 0 Å². The van der Waals surface area contributed by atoms with Crippen LogP contribution in [0.4, 0.5) is 5.00 Å². The highest BCUT2D eigenvalue weighted by molar-refractivity contribution is 7.19.